The Bertz CT molecular complexity index is 221. The van der Waals surface area contributed by atoms with E-state index >= 15 is 0 Å². The Balaban J connectivity index is 0.00000144. The molecule has 1 N–H and O–H groups in total. The summed E-state index contributed by atoms with van der Waals surface area (Å²) in [6, 6.07) is 10.5. The second-order valence-electron chi connectivity index (χ2n) is 2.73. The molecule has 0 spiro atoms. The van der Waals surface area contributed by atoms with Crippen molar-refractivity contribution in [3.63, 3.8) is 0 Å². The predicted octanol–water partition coefficient (Wildman–Crippen LogP) is 1.36. The van der Waals surface area contributed by atoms with E-state index in [1.165, 1.54) is 5.56 Å². The van der Waals surface area contributed by atoms with Gasteiger partial charge in [0.05, 0.1) is 0 Å². The van der Waals surface area contributed by atoms with Crippen molar-refractivity contribution in [3.8, 4) is 0 Å². The molecule has 66 valence electrons. The van der Waals surface area contributed by atoms with Gasteiger partial charge in [0.15, 0.2) is 0 Å². The van der Waals surface area contributed by atoms with Gasteiger partial charge in [-0.15, -0.1) is 6.58 Å². The van der Waals surface area contributed by atoms with Crippen LogP contribution in [0.4, 0.5) is 0 Å². The van der Waals surface area contributed by atoms with Crippen LogP contribution >= 0.6 is 0 Å². The zero-order chi connectivity index (χ0) is 8.65. The first kappa shape index (κ1) is 12.5. The Hall–Kier alpha value is -0.483. The van der Waals surface area contributed by atoms with E-state index < -0.39 is 0 Å². The topological polar surface area (TPSA) is 12.0 Å². The first-order valence-corrected chi connectivity index (χ1v) is 4.29. The van der Waals surface area contributed by atoms with E-state index in [0.29, 0.717) is 0 Å². The fraction of sp³-hybridized carbons (Fsp3) is 0.273. The van der Waals surface area contributed by atoms with Crippen molar-refractivity contribution in [2.75, 3.05) is 13.1 Å². The Morgan fingerprint density at radius 3 is 2.54 bits per heavy atom. The molecular formula is C11H16LiN. The van der Waals surface area contributed by atoms with E-state index in [1.807, 2.05) is 12.1 Å². The molecule has 0 radical (unpaired) electrons. The summed E-state index contributed by atoms with van der Waals surface area (Å²) in [4.78, 5) is 0. The van der Waals surface area contributed by atoms with Crippen LogP contribution in [-0.4, -0.2) is 32.0 Å². The van der Waals surface area contributed by atoms with Gasteiger partial charge in [0.25, 0.3) is 0 Å². The first-order valence-electron chi connectivity index (χ1n) is 4.29. The van der Waals surface area contributed by atoms with Gasteiger partial charge in [0.2, 0.25) is 0 Å². The second-order valence-corrected chi connectivity index (χ2v) is 2.73. The third kappa shape index (κ3) is 5.71. The van der Waals surface area contributed by atoms with Crippen LogP contribution < -0.4 is 5.32 Å². The number of benzene rings is 1. The van der Waals surface area contributed by atoms with Crippen molar-refractivity contribution >= 4 is 18.9 Å². The zero-order valence-corrected chi connectivity index (χ0v) is 7.29. The van der Waals surface area contributed by atoms with Gasteiger partial charge in [0, 0.05) is 6.54 Å². The van der Waals surface area contributed by atoms with E-state index in [4.69, 9.17) is 0 Å². The van der Waals surface area contributed by atoms with Gasteiger partial charge in [-0.05, 0) is 18.5 Å². The second kappa shape index (κ2) is 8.13. The number of hydrogen-bond donors (Lipinski definition) is 1. The van der Waals surface area contributed by atoms with Gasteiger partial charge < -0.3 is 5.32 Å². The molecule has 1 aromatic rings. The molecule has 0 unspecified atom stereocenters. The van der Waals surface area contributed by atoms with Gasteiger partial charge in [-0.2, -0.15) is 0 Å². The van der Waals surface area contributed by atoms with Crippen LogP contribution in [0.3, 0.4) is 0 Å². The quantitative estimate of drug-likeness (QED) is 0.398. The molecule has 0 aliphatic heterocycles. The minimum atomic E-state index is 0. The fourth-order valence-corrected chi connectivity index (χ4v) is 1.08. The van der Waals surface area contributed by atoms with Gasteiger partial charge in [-0.3, -0.25) is 0 Å². The molecule has 1 aromatic carbocycles. The Morgan fingerprint density at radius 2 is 1.92 bits per heavy atom. The van der Waals surface area contributed by atoms with Crippen LogP contribution in [0.1, 0.15) is 5.56 Å². The molecule has 0 aromatic heterocycles. The van der Waals surface area contributed by atoms with Crippen LogP contribution in [-0.2, 0) is 6.42 Å². The van der Waals surface area contributed by atoms with Crippen molar-refractivity contribution in [1.82, 2.24) is 5.32 Å². The van der Waals surface area contributed by atoms with Gasteiger partial charge in [0.1, 0.15) is 0 Å². The molecule has 0 aliphatic carbocycles. The van der Waals surface area contributed by atoms with Crippen LogP contribution in [0.15, 0.2) is 43.0 Å². The minimum absolute atomic E-state index is 0. The molecule has 0 saturated heterocycles. The average Bonchev–Trinajstić information content (AvgIpc) is 2.14. The zero-order valence-electron chi connectivity index (χ0n) is 7.29. The standard InChI is InChI=1S/C11H15N.Li.H/c1-2-9-12-10-8-11-6-4-3-5-7-11;;/h2-7,12H,1,8-10H2;;. The summed E-state index contributed by atoms with van der Waals surface area (Å²) >= 11 is 0. The third-order valence-corrected chi connectivity index (χ3v) is 1.72. The average molecular weight is 169 g/mol. The molecule has 0 heterocycles. The Labute approximate surface area is 92.4 Å². The number of rotatable bonds is 5. The van der Waals surface area contributed by atoms with Crippen LogP contribution in [0.25, 0.3) is 0 Å². The number of nitrogens with one attached hydrogen (secondary N) is 1. The molecular weight excluding hydrogens is 153 g/mol. The first-order chi connectivity index (χ1) is 5.93. The van der Waals surface area contributed by atoms with Gasteiger partial charge in [-0.1, -0.05) is 36.4 Å². The van der Waals surface area contributed by atoms with Gasteiger partial charge in [-0.25, -0.2) is 0 Å². The molecule has 2 heteroatoms. The predicted molar refractivity (Wildman–Crippen MR) is 60.4 cm³/mol. The van der Waals surface area contributed by atoms with E-state index in [-0.39, 0.29) is 18.9 Å². The number of hydrogen-bond acceptors (Lipinski definition) is 1. The van der Waals surface area contributed by atoms with Crippen LogP contribution in [0.2, 0.25) is 0 Å². The summed E-state index contributed by atoms with van der Waals surface area (Å²) in [5.41, 5.74) is 1.38. The SMILES string of the molecule is C=CCNCCc1ccccc1.[LiH]. The Kier molecular flexibility index (Phi) is 7.83. The van der Waals surface area contributed by atoms with E-state index in [2.05, 4.69) is 36.2 Å². The van der Waals surface area contributed by atoms with Crippen molar-refractivity contribution in [2.45, 2.75) is 6.42 Å². The molecule has 13 heavy (non-hydrogen) atoms. The molecule has 0 fully saturated rings. The summed E-state index contributed by atoms with van der Waals surface area (Å²) in [6.07, 6.45) is 2.97. The summed E-state index contributed by atoms with van der Waals surface area (Å²) < 4.78 is 0. The summed E-state index contributed by atoms with van der Waals surface area (Å²) in [6.45, 7) is 5.56. The molecule has 0 amide bonds. The maximum absolute atomic E-state index is 3.64. The molecule has 1 rings (SSSR count). The summed E-state index contributed by atoms with van der Waals surface area (Å²) in [5.74, 6) is 0. The molecule has 0 bridgehead atoms. The van der Waals surface area contributed by atoms with E-state index in [1.54, 1.807) is 0 Å². The molecule has 0 aliphatic rings. The maximum atomic E-state index is 3.64. The fourth-order valence-electron chi connectivity index (χ4n) is 1.08. The van der Waals surface area contributed by atoms with Crippen molar-refractivity contribution in [1.29, 1.82) is 0 Å². The monoisotopic (exact) mass is 169 g/mol. The van der Waals surface area contributed by atoms with Crippen molar-refractivity contribution < 1.29 is 0 Å². The van der Waals surface area contributed by atoms with E-state index in [0.717, 1.165) is 19.5 Å². The molecule has 1 nitrogen and oxygen atoms in total. The van der Waals surface area contributed by atoms with Crippen molar-refractivity contribution in [2.24, 2.45) is 0 Å². The van der Waals surface area contributed by atoms with Crippen LogP contribution in [0.5, 0.6) is 0 Å². The normalized spacial score (nSPS) is 8.92. The van der Waals surface area contributed by atoms with E-state index in [9.17, 15) is 0 Å². The summed E-state index contributed by atoms with van der Waals surface area (Å²) in [5, 5.41) is 3.27. The van der Waals surface area contributed by atoms with Crippen LogP contribution in [0, 0.1) is 0 Å². The molecule has 0 saturated carbocycles. The van der Waals surface area contributed by atoms with Gasteiger partial charge >= 0.3 is 18.9 Å². The Morgan fingerprint density at radius 1 is 1.23 bits per heavy atom. The molecule has 0 atom stereocenters. The van der Waals surface area contributed by atoms with Crippen molar-refractivity contribution in [3.05, 3.63) is 48.6 Å². The third-order valence-electron chi connectivity index (χ3n) is 1.72. The summed E-state index contributed by atoms with van der Waals surface area (Å²) in [7, 11) is 0.